The molecule has 4 nitrogen and oxygen atoms in total. The van der Waals surface area contributed by atoms with Gasteiger partial charge in [-0.05, 0) is 39.0 Å². The van der Waals surface area contributed by atoms with Gasteiger partial charge in [0.15, 0.2) is 0 Å². The molecule has 0 spiro atoms. The summed E-state index contributed by atoms with van der Waals surface area (Å²) in [6.07, 6.45) is 1.65. The highest BCUT2D eigenvalue weighted by molar-refractivity contribution is 5.93. The fraction of sp³-hybridized carbons (Fsp3) is 0.333. The molecule has 0 fully saturated rings. The maximum Gasteiger partial charge on any atom is 0.272 e. The van der Waals surface area contributed by atoms with Crippen LogP contribution in [0.2, 0.25) is 0 Å². The third kappa shape index (κ3) is 2.67. The predicted octanol–water partition coefficient (Wildman–Crippen LogP) is 2.74. The molecular formula is C15H19N3O. The number of carbonyl (C=O) groups excluding carboxylic acids is 1. The van der Waals surface area contributed by atoms with E-state index in [0.29, 0.717) is 5.69 Å². The van der Waals surface area contributed by atoms with Gasteiger partial charge < -0.3 is 4.90 Å². The highest BCUT2D eigenvalue weighted by Crippen LogP contribution is 2.17. The Balaban J connectivity index is 2.38. The van der Waals surface area contributed by atoms with E-state index in [1.165, 1.54) is 0 Å². The lowest BCUT2D eigenvalue weighted by molar-refractivity contribution is 0.0646. The molecule has 0 atom stereocenters. The molecular weight excluding hydrogens is 238 g/mol. The molecule has 1 heterocycles. The van der Waals surface area contributed by atoms with Crippen molar-refractivity contribution in [1.82, 2.24) is 14.7 Å². The standard InChI is InChI=1S/C15H19N3O/c1-15(2,3)17(4)14(19)13-10-11-16-18(13)12-8-6-5-7-9-12/h5-11H,1-4H3. The minimum absolute atomic E-state index is 0.0335. The molecule has 0 aliphatic rings. The zero-order valence-electron chi connectivity index (χ0n) is 11.8. The van der Waals surface area contributed by atoms with Crippen LogP contribution in [0, 0.1) is 0 Å². The van der Waals surface area contributed by atoms with Gasteiger partial charge in [-0.3, -0.25) is 4.79 Å². The van der Waals surface area contributed by atoms with Crippen molar-refractivity contribution < 1.29 is 4.79 Å². The van der Waals surface area contributed by atoms with Crippen LogP contribution < -0.4 is 0 Å². The van der Waals surface area contributed by atoms with Crippen molar-refractivity contribution >= 4 is 5.91 Å². The van der Waals surface area contributed by atoms with Crippen LogP contribution in [-0.2, 0) is 0 Å². The molecule has 0 saturated heterocycles. The van der Waals surface area contributed by atoms with Crippen LogP contribution in [0.5, 0.6) is 0 Å². The van der Waals surface area contributed by atoms with Crippen LogP contribution >= 0.6 is 0 Å². The lowest BCUT2D eigenvalue weighted by Crippen LogP contribution is -2.43. The first-order chi connectivity index (χ1) is 8.91. The highest BCUT2D eigenvalue weighted by atomic mass is 16.2. The number of amides is 1. The molecule has 0 N–H and O–H groups in total. The second-order valence-electron chi connectivity index (χ2n) is 5.50. The SMILES string of the molecule is CN(C(=O)c1ccnn1-c1ccccc1)C(C)(C)C. The van der Waals surface area contributed by atoms with E-state index in [4.69, 9.17) is 0 Å². The van der Waals surface area contributed by atoms with Crippen molar-refractivity contribution in [3.63, 3.8) is 0 Å². The summed E-state index contributed by atoms with van der Waals surface area (Å²) < 4.78 is 1.67. The minimum Gasteiger partial charge on any atom is -0.336 e. The quantitative estimate of drug-likeness (QED) is 0.829. The molecule has 1 aromatic heterocycles. The Morgan fingerprint density at radius 2 is 1.79 bits per heavy atom. The van der Waals surface area contributed by atoms with Crippen LogP contribution in [0.25, 0.3) is 5.69 Å². The second kappa shape index (κ2) is 4.88. The first kappa shape index (κ1) is 13.3. The number of benzene rings is 1. The van der Waals surface area contributed by atoms with Crippen LogP contribution in [-0.4, -0.2) is 33.2 Å². The minimum atomic E-state index is -0.219. The topological polar surface area (TPSA) is 38.1 Å². The predicted molar refractivity (Wildman–Crippen MR) is 75.4 cm³/mol. The smallest absolute Gasteiger partial charge is 0.272 e. The summed E-state index contributed by atoms with van der Waals surface area (Å²) in [5.41, 5.74) is 1.24. The lowest BCUT2D eigenvalue weighted by atomic mass is 10.1. The molecule has 1 aromatic carbocycles. The number of hydrogen-bond acceptors (Lipinski definition) is 2. The summed E-state index contributed by atoms with van der Waals surface area (Å²) in [7, 11) is 1.81. The summed E-state index contributed by atoms with van der Waals surface area (Å²) in [6.45, 7) is 6.02. The zero-order chi connectivity index (χ0) is 14.0. The zero-order valence-corrected chi connectivity index (χ0v) is 11.8. The molecule has 0 unspecified atom stereocenters. The molecule has 0 bridgehead atoms. The molecule has 0 aliphatic heterocycles. The van der Waals surface area contributed by atoms with Gasteiger partial charge in [0.05, 0.1) is 11.9 Å². The molecule has 0 saturated carbocycles. The van der Waals surface area contributed by atoms with Crippen LogP contribution in [0.1, 0.15) is 31.3 Å². The normalized spacial score (nSPS) is 11.4. The number of rotatable bonds is 2. The van der Waals surface area contributed by atoms with Gasteiger partial charge in [0, 0.05) is 12.6 Å². The Morgan fingerprint density at radius 1 is 1.16 bits per heavy atom. The second-order valence-corrected chi connectivity index (χ2v) is 5.50. The maximum atomic E-state index is 12.5. The van der Waals surface area contributed by atoms with Crippen LogP contribution in [0.15, 0.2) is 42.6 Å². The summed E-state index contributed by atoms with van der Waals surface area (Å²) in [5.74, 6) is -0.0335. The molecule has 0 radical (unpaired) electrons. The Bertz CT molecular complexity index is 567. The number of aromatic nitrogens is 2. The number of hydrogen-bond donors (Lipinski definition) is 0. The number of para-hydroxylation sites is 1. The van der Waals surface area contributed by atoms with Crippen LogP contribution in [0.4, 0.5) is 0 Å². The van der Waals surface area contributed by atoms with E-state index >= 15 is 0 Å². The summed E-state index contributed by atoms with van der Waals surface area (Å²) in [4.78, 5) is 14.2. The van der Waals surface area contributed by atoms with Crippen molar-refractivity contribution in [2.75, 3.05) is 7.05 Å². The van der Waals surface area contributed by atoms with E-state index in [1.807, 2.05) is 58.2 Å². The Labute approximate surface area is 113 Å². The highest BCUT2D eigenvalue weighted by Gasteiger charge is 2.25. The van der Waals surface area contributed by atoms with Gasteiger partial charge >= 0.3 is 0 Å². The average molecular weight is 257 g/mol. The Morgan fingerprint density at radius 3 is 2.37 bits per heavy atom. The molecule has 2 aromatic rings. The van der Waals surface area contributed by atoms with E-state index in [0.717, 1.165) is 5.69 Å². The largest absolute Gasteiger partial charge is 0.336 e. The van der Waals surface area contributed by atoms with Gasteiger partial charge in [0.1, 0.15) is 5.69 Å². The first-order valence-corrected chi connectivity index (χ1v) is 6.29. The van der Waals surface area contributed by atoms with Crippen molar-refractivity contribution in [3.8, 4) is 5.69 Å². The third-order valence-electron chi connectivity index (χ3n) is 3.17. The van der Waals surface area contributed by atoms with Crippen molar-refractivity contribution in [2.24, 2.45) is 0 Å². The Hall–Kier alpha value is -2.10. The number of nitrogens with zero attached hydrogens (tertiary/aromatic N) is 3. The fourth-order valence-corrected chi connectivity index (χ4v) is 1.72. The molecule has 19 heavy (non-hydrogen) atoms. The first-order valence-electron chi connectivity index (χ1n) is 6.29. The van der Waals surface area contributed by atoms with Gasteiger partial charge in [-0.2, -0.15) is 5.10 Å². The van der Waals surface area contributed by atoms with E-state index in [9.17, 15) is 4.79 Å². The van der Waals surface area contributed by atoms with E-state index < -0.39 is 0 Å². The maximum absolute atomic E-state index is 12.5. The molecule has 1 amide bonds. The van der Waals surface area contributed by atoms with Crippen molar-refractivity contribution in [1.29, 1.82) is 0 Å². The summed E-state index contributed by atoms with van der Waals surface area (Å²) in [6, 6.07) is 11.4. The molecule has 2 rings (SSSR count). The lowest BCUT2D eigenvalue weighted by Gasteiger charge is -2.32. The van der Waals surface area contributed by atoms with Gasteiger partial charge in [0.2, 0.25) is 0 Å². The van der Waals surface area contributed by atoms with Crippen LogP contribution in [0.3, 0.4) is 0 Å². The van der Waals surface area contributed by atoms with Gasteiger partial charge in [-0.15, -0.1) is 0 Å². The van der Waals surface area contributed by atoms with E-state index in [-0.39, 0.29) is 11.4 Å². The summed E-state index contributed by atoms with van der Waals surface area (Å²) in [5, 5.41) is 4.24. The molecule has 0 aliphatic carbocycles. The van der Waals surface area contributed by atoms with Gasteiger partial charge in [0.25, 0.3) is 5.91 Å². The van der Waals surface area contributed by atoms with Gasteiger partial charge in [-0.25, -0.2) is 4.68 Å². The monoisotopic (exact) mass is 257 g/mol. The van der Waals surface area contributed by atoms with E-state index in [2.05, 4.69) is 5.10 Å². The number of carbonyl (C=O) groups is 1. The Kier molecular flexibility index (Phi) is 3.42. The average Bonchev–Trinajstić information content (AvgIpc) is 2.86. The van der Waals surface area contributed by atoms with Crippen molar-refractivity contribution in [3.05, 3.63) is 48.3 Å². The fourth-order valence-electron chi connectivity index (χ4n) is 1.72. The molecule has 100 valence electrons. The third-order valence-corrected chi connectivity index (χ3v) is 3.17. The molecule has 4 heteroatoms. The van der Waals surface area contributed by atoms with E-state index in [1.54, 1.807) is 21.8 Å². The summed E-state index contributed by atoms with van der Waals surface area (Å²) >= 11 is 0. The van der Waals surface area contributed by atoms with Gasteiger partial charge in [-0.1, -0.05) is 18.2 Å². The van der Waals surface area contributed by atoms with Crippen molar-refractivity contribution in [2.45, 2.75) is 26.3 Å².